The molecule has 0 aliphatic heterocycles. The number of carbonyl (C=O) groups is 1. The van der Waals surface area contributed by atoms with Gasteiger partial charge in [-0.15, -0.1) is 0 Å². The summed E-state index contributed by atoms with van der Waals surface area (Å²) in [5.74, 6) is 0.570. The molecule has 0 heterocycles. The van der Waals surface area contributed by atoms with E-state index in [2.05, 4.69) is 4.74 Å². The van der Waals surface area contributed by atoms with Gasteiger partial charge in [0.25, 0.3) is 6.16 Å². The average molecular weight is 270 g/mol. The SMILES string of the molecule is COc1ccc(C(C)(OC(=O)[O-])[N+](=O)[O-])cc1OC. The fourth-order valence-electron chi connectivity index (χ4n) is 1.49. The Bertz CT molecular complexity index is 502. The third-order valence-electron chi connectivity index (χ3n) is 2.55. The lowest BCUT2D eigenvalue weighted by Gasteiger charge is -2.26. The molecular formula is C11H12NO7-. The molecule has 0 aliphatic rings. The van der Waals surface area contributed by atoms with Crippen LogP contribution in [0.25, 0.3) is 0 Å². The fraction of sp³-hybridized carbons (Fsp3) is 0.364. The van der Waals surface area contributed by atoms with Crippen LogP contribution in [0.15, 0.2) is 18.2 Å². The van der Waals surface area contributed by atoms with Crippen molar-refractivity contribution < 1.29 is 29.0 Å². The molecule has 0 amide bonds. The van der Waals surface area contributed by atoms with Gasteiger partial charge in [0.2, 0.25) is 0 Å². The van der Waals surface area contributed by atoms with E-state index in [-0.39, 0.29) is 11.3 Å². The van der Waals surface area contributed by atoms with Crippen LogP contribution in [-0.4, -0.2) is 25.3 Å². The highest BCUT2D eigenvalue weighted by Crippen LogP contribution is 2.34. The van der Waals surface area contributed by atoms with Crippen LogP contribution < -0.4 is 14.6 Å². The van der Waals surface area contributed by atoms with Gasteiger partial charge in [0, 0.05) is 6.92 Å². The van der Waals surface area contributed by atoms with Gasteiger partial charge < -0.3 is 24.1 Å². The Labute approximate surface area is 108 Å². The van der Waals surface area contributed by atoms with Gasteiger partial charge in [-0.3, -0.25) is 10.1 Å². The maximum absolute atomic E-state index is 11.0. The molecule has 0 spiro atoms. The summed E-state index contributed by atoms with van der Waals surface area (Å²) in [6.45, 7) is 1.00. The molecule has 0 fully saturated rings. The summed E-state index contributed by atoms with van der Waals surface area (Å²) in [4.78, 5) is 20.6. The van der Waals surface area contributed by atoms with E-state index in [0.29, 0.717) is 5.75 Å². The molecule has 1 aromatic rings. The molecule has 0 bridgehead atoms. The molecule has 0 N–H and O–H groups in total. The van der Waals surface area contributed by atoms with E-state index in [1.807, 2.05) is 0 Å². The Morgan fingerprint density at radius 2 is 1.84 bits per heavy atom. The van der Waals surface area contributed by atoms with Crippen LogP contribution in [0, 0.1) is 10.1 Å². The molecule has 104 valence electrons. The monoisotopic (exact) mass is 270 g/mol. The first-order valence-electron chi connectivity index (χ1n) is 5.12. The molecule has 1 unspecified atom stereocenters. The summed E-state index contributed by atoms with van der Waals surface area (Å²) in [6, 6.07) is 3.99. The number of benzene rings is 1. The number of carboxylic acid groups (broad SMARTS) is 1. The molecule has 1 aromatic carbocycles. The summed E-state index contributed by atoms with van der Waals surface area (Å²) in [6.07, 6.45) is -1.99. The van der Waals surface area contributed by atoms with Crippen LogP contribution in [0.5, 0.6) is 11.5 Å². The van der Waals surface area contributed by atoms with Crippen LogP contribution in [0.4, 0.5) is 4.79 Å². The van der Waals surface area contributed by atoms with Crippen molar-refractivity contribution in [3.63, 3.8) is 0 Å². The molecule has 0 radical (unpaired) electrons. The predicted octanol–water partition coefficient (Wildman–Crippen LogP) is 0.513. The van der Waals surface area contributed by atoms with E-state index in [9.17, 15) is 20.0 Å². The minimum absolute atomic E-state index is 0.0145. The van der Waals surface area contributed by atoms with Crippen molar-refractivity contribution in [2.75, 3.05) is 14.2 Å². The molecule has 0 aliphatic carbocycles. The van der Waals surface area contributed by atoms with E-state index in [4.69, 9.17) is 9.47 Å². The Kier molecular flexibility index (Phi) is 4.15. The zero-order chi connectivity index (χ0) is 14.6. The van der Waals surface area contributed by atoms with E-state index < -0.39 is 16.8 Å². The molecule has 8 heteroatoms. The van der Waals surface area contributed by atoms with Gasteiger partial charge in [-0.05, 0) is 18.2 Å². The quantitative estimate of drug-likeness (QED) is 0.331. The second-order valence-electron chi connectivity index (χ2n) is 3.66. The van der Waals surface area contributed by atoms with Gasteiger partial charge in [0.15, 0.2) is 11.5 Å². The summed E-state index contributed by atoms with van der Waals surface area (Å²) in [5, 5.41) is 21.5. The maximum Gasteiger partial charge on any atom is 0.335 e. The highest BCUT2D eigenvalue weighted by Gasteiger charge is 2.39. The van der Waals surface area contributed by atoms with E-state index in [1.165, 1.54) is 32.4 Å². The van der Waals surface area contributed by atoms with Gasteiger partial charge in [-0.1, -0.05) is 0 Å². The van der Waals surface area contributed by atoms with E-state index in [1.54, 1.807) is 0 Å². The lowest BCUT2D eigenvalue weighted by molar-refractivity contribution is -0.632. The molecule has 8 nitrogen and oxygen atoms in total. The van der Waals surface area contributed by atoms with Crippen molar-refractivity contribution in [2.24, 2.45) is 0 Å². The summed E-state index contributed by atoms with van der Waals surface area (Å²) in [7, 11) is 2.76. The first-order chi connectivity index (χ1) is 8.85. The first-order valence-corrected chi connectivity index (χ1v) is 5.12. The first kappa shape index (κ1) is 14.6. The lowest BCUT2D eigenvalue weighted by Crippen LogP contribution is -2.41. The number of nitro groups is 1. The van der Waals surface area contributed by atoms with Gasteiger partial charge >= 0.3 is 5.72 Å². The third kappa shape index (κ3) is 2.84. The molecule has 0 saturated carbocycles. The van der Waals surface area contributed by atoms with E-state index >= 15 is 0 Å². The summed E-state index contributed by atoms with van der Waals surface area (Å²) in [5.41, 5.74) is -2.29. The minimum Gasteiger partial charge on any atom is -0.493 e. The van der Waals surface area contributed by atoms with Crippen molar-refractivity contribution in [3.8, 4) is 11.5 Å². The molecule has 0 aromatic heterocycles. The molecule has 1 rings (SSSR count). The number of nitrogens with zero attached hydrogens (tertiary/aromatic N) is 1. The van der Waals surface area contributed by atoms with Crippen LogP contribution in [0.2, 0.25) is 0 Å². The number of hydrogen-bond donors (Lipinski definition) is 0. The molecule has 0 saturated heterocycles. The van der Waals surface area contributed by atoms with Crippen LogP contribution in [-0.2, 0) is 10.5 Å². The van der Waals surface area contributed by atoms with Gasteiger partial charge in [0.05, 0.1) is 24.7 Å². The second kappa shape index (κ2) is 5.42. The highest BCUT2D eigenvalue weighted by molar-refractivity contribution is 5.55. The summed E-state index contributed by atoms with van der Waals surface area (Å²) >= 11 is 0. The van der Waals surface area contributed by atoms with Gasteiger partial charge in [-0.25, -0.2) is 0 Å². The van der Waals surface area contributed by atoms with Crippen molar-refractivity contribution in [3.05, 3.63) is 33.9 Å². The maximum atomic E-state index is 11.0. The molecule has 1 atom stereocenters. The molecule has 19 heavy (non-hydrogen) atoms. The average Bonchev–Trinajstić information content (AvgIpc) is 2.36. The smallest absolute Gasteiger partial charge is 0.335 e. The zero-order valence-corrected chi connectivity index (χ0v) is 10.5. The van der Waals surface area contributed by atoms with Crippen molar-refractivity contribution >= 4 is 6.16 Å². The standard InChI is InChI=1S/C11H13NO7/c1-11(12(15)16,19-10(13)14)7-4-5-8(17-2)9(6-7)18-3/h4-6H,1-3H3,(H,13,14)/p-1. The van der Waals surface area contributed by atoms with Crippen molar-refractivity contribution in [2.45, 2.75) is 12.6 Å². The van der Waals surface area contributed by atoms with Crippen molar-refractivity contribution in [1.82, 2.24) is 0 Å². The molecular weight excluding hydrogens is 258 g/mol. The Morgan fingerprint density at radius 3 is 2.26 bits per heavy atom. The van der Waals surface area contributed by atoms with Crippen LogP contribution in [0.1, 0.15) is 12.5 Å². The number of hydrogen-bond acceptors (Lipinski definition) is 7. The van der Waals surface area contributed by atoms with Crippen molar-refractivity contribution in [1.29, 1.82) is 0 Å². The van der Waals surface area contributed by atoms with Gasteiger partial charge in [0.1, 0.15) is 0 Å². The van der Waals surface area contributed by atoms with Crippen LogP contribution >= 0.6 is 0 Å². The number of rotatable bonds is 5. The number of ether oxygens (including phenoxy) is 3. The lowest BCUT2D eigenvalue weighted by atomic mass is 10.0. The van der Waals surface area contributed by atoms with E-state index in [0.717, 1.165) is 6.92 Å². The zero-order valence-electron chi connectivity index (χ0n) is 10.5. The summed E-state index contributed by atoms with van der Waals surface area (Å²) < 4.78 is 14.2. The Morgan fingerprint density at radius 1 is 1.26 bits per heavy atom. The number of carbonyl (C=O) groups excluding carboxylic acids is 1. The fourth-order valence-corrected chi connectivity index (χ4v) is 1.49. The minimum atomic E-state index is -2.28. The number of methoxy groups -OCH3 is 2. The largest absolute Gasteiger partial charge is 0.493 e. The predicted molar refractivity (Wildman–Crippen MR) is 60.4 cm³/mol. The Balaban J connectivity index is 3.31. The topological polar surface area (TPSA) is 111 Å². The normalized spacial score (nSPS) is 13.2. The van der Waals surface area contributed by atoms with Crippen LogP contribution in [0.3, 0.4) is 0 Å². The Hall–Kier alpha value is -2.51. The van der Waals surface area contributed by atoms with Gasteiger partial charge in [-0.2, -0.15) is 0 Å². The second-order valence-corrected chi connectivity index (χ2v) is 3.66. The highest BCUT2D eigenvalue weighted by atomic mass is 16.7. The third-order valence-corrected chi connectivity index (χ3v) is 2.55.